The number of nitrogens with one attached hydrogen (secondary N) is 1. The number of anilines is 1. The van der Waals surface area contributed by atoms with Crippen LogP contribution < -0.4 is 5.32 Å². The molecule has 4 rings (SSSR count). The van der Waals surface area contributed by atoms with Gasteiger partial charge in [-0.05, 0) is 68.4 Å². The van der Waals surface area contributed by atoms with E-state index in [1.807, 2.05) is 51.1 Å². The Labute approximate surface area is 190 Å². The number of nitrogens with zero attached hydrogens (tertiary/aromatic N) is 1. The van der Waals surface area contributed by atoms with Gasteiger partial charge in [-0.2, -0.15) is 0 Å². The molecule has 0 aliphatic heterocycles. The van der Waals surface area contributed by atoms with Crippen LogP contribution in [0.3, 0.4) is 0 Å². The smallest absolute Gasteiger partial charge is 0.325 e. The van der Waals surface area contributed by atoms with Crippen LogP contribution in [0.2, 0.25) is 0 Å². The quantitative estimate of drug-likeness (QED) is 0.477. The molecule has 2 bridgehead atoms. The zero-order valence-corrected chi connectivity index (χ0v) is 19.8. The number of oxime groups is 1. The van der Waals surface area contributed by atoms with Crippen LogP contribution in [0.1, 0.15) is 67.1 Å². The Morgan fingerprint density at radius 2 is 1.59 bits per heavy atom. The molecule has 1 N–H and O–H groups in total. The molecule has 2 aliphatic carbocycles. The highest BCUT2D eigenvalue weighted by Crippen LogP contribution is 2.71. The predicted octanol–water partition coefficient (Wildman–Crippen LogP) is 5.98. The van der Waals surface area contributed by atoms with Crippen LogP contribution in [-0.2, 0) is 9.63 Å². The third kappa shape index (κ3) is 3.26. The number of fused-ring (bicyclic) bond motifs is 2. The molecular weight excluding hydrogens is 400 g/mol. The monoisotopic (exact) mass is 432 g/mol. The number of hydrogen-bond donors (Lipinski definition) is 1. The van der Waals surface area contributed by atoms with E-state index in [0.29, 0.717) is 12.0 Å². The van der Waals surface area contributed by atoms with Gasteiger partial charge in [0.1, 0.15) is 0 Å². The molecule has 0 saturated heterocycles. The average Bonchev–Trinajstić information content (AvgIpc) is 3.05. The van der Waals surface area contributed by atoms with Crippen LogP contribution in [0.25, 0.3) is 0 Å². The van der Waals surface area contributed by atoms with Gasteiger partial charge in [-0.15, -0.1) is 0 Å². The number of hydrogen-bond acceptors (Lipinski definition) is 4. The first-order chi connectivity index (χ1) is 15.0. The molecule has 2 aliphatic rings. The van der Waals surface area contributed by atoms with Crippen LogP contribution in [0.5, 0.6) is 0 Å². The van der Waals surface area contributed by atoms with E-state index in [9.17, 15) is 9.59 Å². The van der Waals surface area contributed by atoms with Crippen molar-refractivity contribution < 1.29 is 14.4 Å². The molecule has 2 aromatic carbocycles. The lowest BCUT2D eigenvalue weighted by Crippen LogP contribution is -2.43. The molecule has 0 aromatic heterocycles. The second kappa shape index (κ2) is 7.58. The van der Waals surface area contributed by atoms with Crippen molar-refractivity contribution in [1.82, 2.24) is 0 Å². The van der Waals surface area contributed by atoms with Gasteiger partial charge in [0.2, 0.25) is 5.91 Å². The van der Waals surface area contributed by atoms with Crippen LogP contribution >= 0.6 is 0 Å². The largest absolute Gasteiger partial charge is 0.365 e. The number of amides is 1. The van der Waals surface area contributed by atoms with Crippen LogP contribution in [0, 0.1) is 37.0 Å². The summed E-state index contributed by atoms with van der Waals surface area (Å²) in [5.41, 5.74) is 4.12. The Balaban J connectivity index is 1.60. The maximum Gasteiger partial charge on any atom is 0.365 e. The summed E-state index contributed by atoms with van der Waals surface area (Å²) in [7, 11) is 0. The van der Waals surface area contributed by atoms with E-state index in [1.165, 1.54) is 0 Å². The SMILES string of the molecule is Cc1ccc(C(=O)O/N=C2/CC3(C(=O)Nc4cc(C)ccc4C)CCC2(C)C3(C)C)cc1. The van der Waals surface area contributed by atoms with Gasteiger partial charge in [0.25, 0.3) is 0 Å². The fourth-order valence-electron chi connectivity index (χ4n) is 5.47. The Morgan fingerprint density at radius 1 is 0.938 bits per heavy atom. The summed E-state index contributed by atoms with van der Waals surface area (Å²) in [6.45, 7) is 12.4. The van der Waals surface area contributed by atoms with Crippen molar-refractivity contribution in [2.45, 2.75) is 60.8 Å². The maximum atomic E-state index is 13.7. The summed E-state index contributed by atoms with van der Waals surface area (Å²) in [6.07, 6.45) is 2.12. The van der Waals surface area contributed by atoms with Crippen LogP contribution in [0.15, 0.2) is 47.6 Å². The van der Waals surface area contributed by atoms with E-state index >= 15 is 0 Å². The number of carbonyl (C=O) groups is 2. The van der Waals surface area contributed by atoms with E-state index in [4.69, 9.17) is 4.84 Å². The highest BCUT2D eigenvalue weighted by Gasteiger charge is 2.71. The number of rotatable bonds is 4. The second-order valence-corrected chi connectivity index (χ2v) is 10.3. The number of benzene rings is 2. The third-order valence-electron chi connectivity index (χ3n) is 8.34. The summed E-state index contributed by atoms with van der Waals surface area (Å²) in [5, 5.41) is 7.52. The summed E-state index contributed by atoms with van der Waals surface area (Å²) >= 11 is 0. The predicted molar refractivity (Wildman–Crippen MR) is 127 cm³/mol. The van der Waals surface area contributed by atoms with Gasteiger partial charge in [0, 0.05) is 17.5 Å². The first kappa shape index (κ1) is 22.3. The highest BCUT2D eigenvalue weighted by atomic mass is 16.7. The Kier molecular flexibility index (Phi) is 5.27. The third-order valence-corrected chi connectivity index (χ3v) is 8.34. The van der Waals surface area contributed by atoms with E-state index in [0.717, 1.165) is 40.9 Å². The van der Waals surface area contributed by atoms with Crippen molar-refractivity contribution in [2.75, 3.05) is 5.32 Å². The van der Waals surface area contributed by atoms with Gasteiger partial charge < -0.3 is 10.2 Å². The molecule has 1 amide bonds. The van der Waals surface area contributed by atoms with Gasteiger partial charge in [-0.1, -0.05) is 55.8 Å². The molecule has 2 fully saturated rings. The van der Waals surface area contributed by atoms with E-state index in [1.54, 1.807) is 12.1 Å². The van der Waals surface area contributed by atoms with Crippen molar-refractivity contribution in [1.29, 1.82) is 0 Å². The Bertz CT molecular complexity index is 1120. The zero-order chi connectivity index (χ0) is 23.3. The van der Waals surface area contributed by atoms with Gasteiger partial charge >= 0.3 is 5.97 Å². The Hall–Kier alpha value is -2.95. The van der Waals surface area contributed by atoms with Gasteiger partial charge in [0.05, 0.1) is 16.7 Å². The minimum absolute atomic E-state index is 0.0231. The molecule has 2 atom stereocenters. The minimum Gasteiger partial charge on any atom is -0.325 e. The van der Waals surface area contributed by atoms with Crippen molar-refractivity contribution >= 4 is 23.3 Å². The first-order valence-electron chi connectivity index (χ1n) is 11.2. The van der Waals surface area contributed by atoms with Crippen LogP contribution in [0.4, 0.5) is 5.69 Å². The van der Waals surface area contributed by atoms with Crippen molar-refractivity contribution in [2.24, 2.45) is 21.4 Å². The topological polar surface area (TPSA) is 67.8 Å². The van der Waals surface area contributed by atoms with Crippen LogP contribution in [-0.4, -0.2) is 17.6 Å². The lowest BCUT2D eigenvalue weighted by Gasteiger charge is -2.39. The van der Waals surface area contributed by atoms with Gasteiger partial charge in [-0.3, -0.25) is 4.79 Å². The number of aryl methyl sites for hydroxylation is 3. The molecule has 0 radical (unpaired) electrons. The zero-order valence-electron chi connectivity index (χ0n) is 19.8. The molecule has 2 unspecified atom stereocenters. The lowest BCUT2D eigenvalue weighted by molar-refractivity contribution is -0.130. The molecule has 2 aromatic rings. The highest BCUT2D eigenvalue weighted by molar-refractivity contribution is 6.06. The van der Waals surface area contributed by atoms with Crippen molar-refractivity contribution in [3.8, 4) is 0 Å². The molecule has 168 valence electrons. The maximum absolute atomic E-state index is 13.7. The average molecular weight is 433 g/mol. The summed E-state index contributed by atoms with van der Waals surface area (Å²) in [4.78, 5) is 31.5. The molecule has 5 nitrogen and oxygen atoms in total. The van der Waals surface area contributed by atoms with Crippen molar-refractivity contribution in [3.63, 3.8) is 0 Å². The summed E-state index contributed by atoms with van der Waals surface area (Å²) in [5.74, 6) is -0.453. The molecule has 5 heteroatoms. The molecular formula is C27H32N2O3. The lowest BCUT2D eigenvalue weighted by atomic mass is 9.64. The standard InChI is InChI=1S/C27H32N2O3/c1-17-8-11-20(12-9-17)23(30)32-29-22-16-27(14-13-26(22,6)25(27,4)5)24(31)28-21-15-18(2)7-10-19(21)3/h7-12,15H,13-14,16H2,1-6H3,(H,28,31)/b29-22-. The normalized spacial score (nSPS) is 26.9. The summed E-state index contributed by atoms with van der Waals surface area (Å²) in [6, 6.07) is 13.3. The molecule has 2 saturated carbocycles. The fourth-order valence-corrected chi connectivity index (χ4v) is 5.47. The number of carbonyl (C=O) groups excluding carboxylic acids is 2. The van der Waals surface area contributed by atoms with Crippen molar-refractivity contribution in [3.05, 3.63) is 64.7 Å². The molecule has 0 spiro atoms. The van der Waals surface area contributed by atoms with Gasteiger partial charge in [0.15, 0.2) is 0 Å². The first-order valence-corrected chi connectivity index (χ1v) is 11.2. The van der Waals surface area contributed by atoms with E-state index in [-0.39, 0.29) is 16.7 Å². The molecule has 0 heterocycles. The van der Waals surface area contributed by atoms with E-state index < -0.39 is 11.4 Å². The van der Waals surface area contributed by atoms with E-state index in [2.05, 4.69) is 31.2 Å². The van der Waals surface area contributed by atoms with Gasteiger partial charge in [-0.25, -0.2) is 4.79 Å². The summed E-state index contributed by atoms with van der Waals surface area (Å²) < 4.78 is 0. The fraction of sp³-hybridized carbons (Fsp3) is 0.444. The molecule has 32 heavy (non-hydrogen) atoms. The minimum atomic E-state index is -0.590. The second-order valence-electron chi connectivity index (χ2n) is 10.3. The Morgan fingerprint density at radius 3 is 2.28 bits per heavy atom.